The van der Waals surface area contributed by atoms with Crippen molar-refractivity contribution in [1.29, 1.82) is 5.26 Å². The Morgan fingerprint density at radius 3 is 2.76 bits per heavy atom. The number of sulfonamides is 1. The van der Waals surface area contributed by atoms with E-state index in [0.717, 1.165) is 0 Å². The van der Waals surface area contributed by atoms with Gasteiger partial charge in [0.05, 0.1) is 21.4 Å². The highest BCUT2D eigenvalue weighted by molar-refractivity contribution is 7.89. The average molecular weight is 328 g/mol. The van der Waals surface area contributed by atoms with Gasteiger partial charge in [-0.2, -0.15) is 9.57 Å². The normalized spacial score (nSPS) is 19.9. The number of nitrogens with two attached hydrogens (primary N) is 1. The van der Waals surface area contributed by atoms with Crippen LogP contribution in [0.1, 0.15) is 18.4 Å². The van der Waals surface area contributed by atoms with Crippen LogP contribution in [0.25, 0.3) is 0 Å². The second-order valence-electron chi connectivity index (χ2n) is 4.86. The highest BCUT2D eigenvalue weighted by Crippen LogP contribution is 2.26. The van der Waals surface area contributed by atoms with Crippen LogP contribution in [0.15, 0.2) is 23.1 Å². The predicted molar refractivity (Wildman–Crippen MR) is 76.8 cm³/mol. The predicted octanol–water partition coefficient (Wildman–Crippen LogP) is 1.10. The Balaban J connectivity index is 2.32. The molecule has 2 N–H and O–H groups in total. The van der Waals surface area contributed by atoms with Crippen molar-refractivity contribution in [2.45, 2.75) is 17.7 Å². The van der Waals surface area contributed by atoms with Crippen molar-refractivity contribution in [1.82, 2.24) is 4.31 Å². The van der Waals surface area contributed by atoms with Gasteiger partial charge in [-0.1, -0.05) is 11.6 Å². The topological polar surface area (TPSA) is 104 Å². The molecule has 0 unspecified atom stereocenters. The number of hydrogen-bond acceptors (Lipinski definition) is 4. The van der Waals surface area contributed by atoms with Crippen LogP contribution in [0.2, 0.25) is 5.02 Å². The molecule has 0 bridgehead atoms. The zero-order valence-electron chi connectivity index (χ0n) is 11.1. The van der Waals surface area contributed by atoms with Crippen LogP contribution in [0.4, 0.5) is 0 Å². The zero-order chi connectivity index (χ0) is 15.6. The number of benzene rings is 1. The number of halogens is 1. The van der Waals surface area contributed by atoms with Gasteiger partial charge in [0.1, 0.15) is 6.07 Å². The molecule has 21 heavy (non-hydrogen) atoms. The first-order valence-corrected chi connectivity index (χ1v) is 8.17. The summed E-state index contributed by atoms with van der Waals surface area (Å²) >= 11 is 5.87. The van der Waals surface area contributed by atoms with Crippen LogP contribution in [0, 0.1) is 17.2 Å². The number of nitrogens with zero attached hydrogens (tertiary/aromatic N) is 2. The number of nitriles is 1. The second kappa shape index (κ2) is 6.02. The standard InChI is InChI=1S/C13H14ClN3O3S/c14-12-6-11(4-3-9(12)7-15)21(19,20)17-5-1-2-10(8-17)13(16)18/h3-4,6,10H,1-2,5,8H2,(H2,16,18)/t10-/m1/s1. The van der Waals surface area contributed by atoms with Gasteiger partial charge in [0.15, 0.2) is 0 Å². The number of hydrogen-bond donors (Lipinski definition) is 1. The van der Waals surface area contributed by atoms with Crippen molar-refractivity contribution in [3.05, 3.63) is 28.8 Å². The summed E-state index contributed by atoms with van der Waals surface area (Å²) in [5, 5.41) is 8.90. The van der Waals surface area contributed by atoms with Gasteiger partial charge in [0.2, 0.25) is 15.9 Å². The fourth-order valence-corrected chi connectivity index (χ4v) is 4.13. The molecule has 0 spiro atoms. The van der Waals surface area contributed by atoms with Gasteiger partial charge in [-0.15, -0.1) is 0 Å². The number of carbonyl (C=O) groups excluding carboxylic acids is 1. The van der Waals surface area contributed by atoms with E-state index in [2.05, 4.69) is 0 Å². The van der Waals surface area contributed by atoms with Gasteiger partial charge < -0.3 is 5.73 Å². The Morgan fingerprint density at radius 2 is 2.19 bits per heavy atom. The number of rotatable bonds is 3. The van der Waals surface area contributed by atoms with E-state index >= 15 is 0 Å². The molecule has 0 aliphatic carbocycles. The van der Waals surface area contributed by atoms with Crippen molar-refractivity contribution in [3.8, 4) is 6.07 Å². The maximum absolute atomic E-state index is 12.5. The summed E-state index contributed by atoms with van der Waals surface area (Å²) in [6.45, 7) is 0.416. The maximum atomic E-state index is 12.5. The summed E-state index contributed by atoms with van der Waals surface area (Å²) in [4.78, 5) is 11.3. The van der Waals surface area contributed by atoms with Gasteiger partial charge in [0, 0.05) is 13.1 Å². The fraction of sp³-hybridized carbons (Fsp3) is 0.385. The lowest BCUT2D eigenvalue weighted by Crippen LogP contribution is -2.44. The lowest BCUT2D eigenvalue weighted by atomic mass is 9.99. The molecule has 1 heterocycles. The molecular formula is C13H14ClN3O3S. The SMILES string of the molecule is N#Cc1ccc(S(=O)(=O)N2CCC[C@@H](C(N)=O)C2)cc1Cl. The fourth-order valence-electron chi connectivity index (χ4n) is 2.29. The van der Waals surface area contributed by atoms with E-state index in [1.54, 1.807) is 0 Å². The van der Waals surface area contributed by atoms with E-state index in [9.17, 15) is 13.2 Å². The van der Waals surface area contributed by atoms with E-state index in [-0.39, 0.29) is 22.0 Å². The first kappa shape index (κ1) is 15.8. The molecule has 2 rings (SSSR count). The first-order chi connectivity index (χ1) is 9.86. The molecule has 0 radical (unpaired) electrons. The summed E-state index contributed by atoms with van der Waals surface area (Å²) in [5.41, 5.74) is 5.47. The molecule has 1 amide bonds. The zero-order valence-corrected chi connectivity index (χ0v) is 12.7. The largest absolute Gasteiger partial charge is 0.369 e. The molecule has 1 atom stereocenters. The summed E-state index contributed by atoms with van der Waals surface area (Å²) in [5.74, 6) is -0.963. The molecular weight excluding hydrogens is 314 g/mol. The van der Waals surface area contributed by atoms with E-state index in [0.29, 0.717) is 19.4 Å². The molecule has 6 nitrogen and oxygen atoms in total. The van der Waals surface area contributed by atoms with Crippen LogP contribution < -0.4 is 5.73 Å². The van der Waals surface area contributed by atoms with E-state index < -0.39 is 21.8 Å². The van der Waals surface area contributed by atoms with Crippen molar-refractivity contribution in [2.75, 3.05) is 13.1 Å². The third-order valence-electron chi connectivity index (χ3n) is 3.49. The van der Waals surface area contributed by atoms with Gasteiger partial charge >= 0.3 is 0 Å². The minimum atomic E-state index is -3.74. The third-order valence-corrected chi connectivity index (χ3v) is 5.66. The minimum absolute atomic E-state index is 0.0108. The van der Waals surface area contributed by atoms with Crippen molar-refractivity contribution >= 4 is 27.5 Å². The Labute approximate surface area is 128 Å². The Hall–Kier alpha value is -1.62. The van der Waals surface area contributed by atoms with Gasteiger partial charge in [-0.05, 0) is 31.0 Å². The first-order valence-electron chi connectivity index (χ1n) is 6.35. The van der Waals surface area contributed by atoms with Gasteiger partial charge in [0.25, 0.3) is 0 Å². The lowest BCUT2D eigenvalue weighted by molar-refractivity contribution is -0.122. The number of piperidine rings is 1. The van der Waals surface area contributed by atoms with Crippen LogP contribution in [0.5, 0.6) is 0 Å². The quantitative estimate of drug-likeness (QED) is 0.897. The maximum Gasteiger partial charge on any atom is 0.243 e. The molecule has 112 valence electrons. The summed E-state index contributed by atoms with van der Waals surface area (Å²) in [6, 6.07) is 5.83. The average Bonchev–Trinajstić information content (AvgIpc) is 2.47. The van der Waals surface area contributed by atoms with Crippen LogP contribution in [-0.4, -0.2) is 31.7 Å². The van der Waals surface area contributed by atoms with Crippen molar-refractivity contribution < 1.29 is 13.2 Å². The van der Waals surface area contributed by atoms with Crippen molar-refractivity contribution in [3.63, 3.8) is 0 Å². The van der Waals surface area contributed by atoms with Crippen LogP contribution >= 0.6 is 11.6 Å². The smallest absolute Gasteiger partial charge is 0.243 e. The molecule has 1 aliphatic rings. The number of primary amides is 1. The molecule has 1 aliphatic heterocycles. The number of carbonyl (C=O) groups is 1. The van der Waals surface area contributed by atoms with E-state index in [4.69, 9.17) is 22.6 Å². The summed E-state index contributed by atoms with van der Waals surface area (Å²) in [7, 11) is -3.74. The Morgan fingerprint density at radius 1 is 1.48 bits per heavy atom. The second-order valence-corrected chi connectivity index (χ2v) is 7.20. The van der Waals surface area contributed by atoms with Gasteiger partial charge in [-0.25, -0.2) is 8.42 Å². The van der Waals surface area contributed by atoms with Crippen LogP contribution in [0.3, 0.4) is 0 Å². The highest BCUT2D eigenvalue weighted by atomic mass is 35.5. The minimum Gasteiger partial charge on any atom is -0.369 e. The van der Waals surface area contributed by atoms with Crippen LogP contribution in [-0.2, 0) is 14.8 Å². The molecule has 1 aromatic carbocycles. The molecule has 1 saturated heterocycles. The van der Waals surface area contributed by atoms with Crippen molar-refractivity contribution in [2.24, 2.45) is 11.7 Å². The molecule has 1 aromatic rings. The lowest BCUT2D eigenvalue weighted by Gasteiger charge is -2.30. The monoisotopic (exact) mass is 327 g/mol. The molecule has 0 aromatic heterocycles. The summed E-state index contributed by atoms with van der Waals surface area (Å²) < 4.78 is 26.3. The highest BCUT2D eigenvalue weighted by Gasteiger charge is 2.32. The summed E-state index contributed by atoms with van der Waals surface area (Å²) in [6.07, 6.45) is 1.17. The Bertz CT molecular complexity index is 712. The van der Waals surface area contributed by atoms with E-state index in [1.807, 2.05) is 6.07 Å². The molecule has 0 saturated carbocycles. The van der Waals surface area contributed by atoms with E-state index in [1.165, 1.54) is 22.5 Å². The Kier molecular flexibility index (Phi) is 4.52. The number of amides is 1. The molecule has 1 fully saturated rings. The van der Waals surface area contributed by atoms with Gasteiger partial charge in [-0.3, -0.25) is 4.79 Å². The molecule has 8 heteroatoms. The third kappa shape index (κ3) is 3.18.